The number of thioether (sulfide) groups is 1. The average molecular weight is 287 g/mol. The molecule has 3 heteroatoms. The molecule has 1 fully saturated rings. The van der Waals surface area contributed by atoms with Gasteiger partial charge >= 0.3 is 0 Å². The van der Waals surface area contributed by atoms with E-state index in [9.17, 15) is 0 Å². The van der Waals surface area contributed by atoms with Crippen molar-refractivity contribution in [2.24, 2.45) is 17.1 Å². The summed E-state index contributed by atoms with van der Waals surface area (Å²) >= 11 is 2.04. The highest BCUT2D eigenvalue weighted by molar-refractivity contribution is 7.99. The maximum Gasteiger partial charge on any atom is 0.0226 e. The van der Waals surface area contributed by atoms with E-state index in [4.69, 9.17) is 5.73 Å². The van der Waals surface area contributed by atoms with E-state index in [-0.39, 0.29) is 0 Å². The monoisotopic (exact) mass is 286 g/mol. The molecule has 2 unspecified atom stereocenters. The van der Waals surface area contributed by atoms with Gasteiger partial charge in [0.1, 0.15) is 0 Å². The van der Waals surface area contributed by atoms with E-state index in [1.54, 1.807) is 0 Å². The smallest absolute Gasteiger partial charge is 0.0226 e. The van der Waals surface area contributed by atoms with Gasteiger partial charge < -0.3 is 5.73 Å². The predicted molar refractivity (Wildman–Crippen MR) is 88.8 cm³/mol. The Kier molecular flexibility index (Phi) is 7.78. The summed E-state index contributed by atoms with van der Waals surface area (Å²) in [7, 11) is 0. The van der Waals surface area contributed by atoms with Gasteiger partial charge in [-0.2, -0.15) is 11.8 Å². The molecular formula is C16H34N2S. The summed E-state index contributed by atoms with van der Waals surface area (Å²) in [6.07, 6.45) is 5.34. The average Bonchev–Trinajstić information content (AvgIpc) is 2.60. The van der Waals surface area contributed by atoms with Crippen LogP contribution in [0.5, 0.6) is 0 Å². The minimum absolute atomic E-state index is 0.465. The van der Waals surface area contributed by atoms with Crippen molar-refractivity contribution in [1.29, 1.82) is 0 Å². The highest BCUT2D eigenvalue weighted by atomic mass is 32.2. The van der Waals surface area contributed by atoms with Crippen molar-refractivity contribution in [1.82, 2.24) is 4.90 Å². The molecular weight excluding hydrogens is 252 g/mol. The molecule has 19 heavy (non-hydrogen) atoms. The van der Waals surface area contributed by atoms with Crippen LogP contribution in [0.4, 0.5) is 0 Å². The van der Waals surface area contributed by atoms with Crippen molar-refractivity contribution in [3.63, 3.8) is 0 Å². The summed E-state index contributed by atoms with van der Waals surface area (Å²) in [4.78, 5) is 2.67. The molecule has 0 aromatic rings. The van der Waals surface area contributed by atoms with Crippen LogP contribution in [0.1, 0.15) is 53.4 Å². The Hall–Kier alpha value is 0.270. The molecule has 114 valence electrons. The second-order valence-electron chi connectivity index (χ2n) is 6.90. The molecule has 1 aliphatic rings. The van der Waals surface area contributed by atoms with Crippen molar-refractivity contribution in [2.75, 3.05) is 31.1 Å². The predicted octanol–water partition coefficient (Wildman–Crippen LogP) is 3.61. The van der Waals surface area contributed by atoms with Crippen LogP contribution in [-0.4, -0.2) is 42.1 Å². The Bertz CT molecular complexity index is 237. The lowest BCUT2D eigenvalue weighted by Crippen LogP contribution is -2.41. The molecule has 2 atom stereocenters. The van der Waals surface area contributed by atoms with Gasteiger partial charge in [-0.15, -0.1) is 0 Å². The normalized spacial score (nSPS) is 24.2. The summed E-state index contributed by atoms with van der Waals surface area (Å²) in [6.45, 7) is 12.8. The van der Waals surface area contributed by atoms with Crippen LogP contribution in [0.25, 0.3) is 0 Å². The zero-order chi connectivity index (χ0) is 14.3. The van der Waals surface area contributed by atoms with Gasteiger partial charge in [0.2, 0.25) is 0 Å². The molecule has 2 nitrogen and oxygen atoms in total. The first kappa shape index (κ1) is 17.3. The van der Waals surface area contributed by atoms with Crippen LogP contribution in [0.2, 0.25) is 0 Å². The number of hydrogen-bond acceptors (Lipinski definition) is 3. The molecule has 2 N–H and O–H groups in total. The molecule has 1 aliphatic heterocycles. The SMILES string of the molecule is CCSCCC(CN)N1CCCC(C(C)(C)C)CC1. The number of rotatable bonds is 6. The van der Waals surface area contributed by atoms with Gasteiger partial charge in [0.25, 0.3) is 0 Å². The van der Waals surface area contributed by atoms with Gasteiger partial charge in [-0.25, -0.2) is 0 Å². The first-order chi connectivity index (χ1) is 8.99. The molecule has 0 saturated carbocycles. The van der Waals surface area contributed by atoms with Crippen molar-refractivity contribution in [3.05, 3.63) is 0 Å². The lowest BCUT2D eigenvalue weighted by molar-refractivity contribution is 0.182. The van der Waals surface area contributed by atoms with Crippen LogP contribution < -0.4 is 5.73 Å². The molecule has 0 aromatic heterocycles. The quantitative estimate of drug-likeness (QED) is 0.756. The second kappa shape index (κ2) is 8.53. The summed E-state index contributed by atoms with van der Waals surface area (Å²) in [6, 6.07) is 0.609. The van der Waals surface area contributed by atoms with E-state index >= 15 is 0 Å². The minimum atomic E-state index is 0.465. The fraction of sp³-hybridized carbons (Fsp3) is 1.00. The molecule has 1 heterocycles. The lowest BCUT2D eigenvalue weighted by Gasteiger charge is -2.32. The van der Waals surface area contributed by atoms with Crippen molar-refractivity contribution in [2.45, 2.75) is 59.4 Å². The molecule has 0 radical (unpaired) electrons. The van der Waals surface area contributed by atoms with Gasteiger partial charge in [0.15, 0.2) is 0 Å². The van der Waals surface area contributed by atoms with Crippen LogP contribution in [0.15, 0.2) is 0 Å². The van der Waals surface area contributed by atoms with E-state index in [0.717, 1.165) is 12.5 Å². The van der Waals surface area contributed by atoms with Gasteiger partial charge in [-0.05, 0) is 61.6 Å². The van der Waals surface area contributed by atoms with E-state index in [1.807, 2.05) is 11.8 Å². The van der Waals surface area contributed by atoms with Crippen LogP contribution >= 0.6 is 11.8 Å². The Morgan fingerprint density at radius 1 is 1.26 bits per heavy atom. The molecule has 0 aromatic carbocycles. The Balaban J connectivity index is 2.45. The van der Waals surface area contributed by atoms with E-state index in [2.05, 4.69) is 32.6 Å². The van der Waals surface area contributed by atoms with Crippen LogP contribution in [-0.2, 0) is 0 Å². The van der Waals surface area contributed by atoms with Gasteiger partial charge in [0.05, 0.1) is 0 Å². The van der Waals surface area contributed by atoms with Crippen molar-refractivity contribution < 1.29 is 0 Å². The summed E-state index contributed by atoms with van der Waals surface area (Å²) in [5, 5.41) is 0. The molecule has 1 rings (SSSR count). The Labute approximate surface area is 124 Å². The van der Waals surface area contributed by atoms with E-state index < -0.39 is 0 Å². The minimum Gasteiger partial charge on any atom is -0.329 e. The third-order valence-corrected chi connectivity index (χ3v) is 5.51. The molecule has 0 bridgehead atoms. The zero-order valence-electron chi connectivity index (χ0n) is 13.5. The van der Waals surface area contributed by atoms with E-state index in [1.165, 1.54) is 50.3 Å². The number of nitrogens with two attached hydrogens (primary N) is 1. The number of likely N-dealkylation sites (tertiary alicyclic amines) is 1. The fourth-order valence-electron chi connectivity index (χ4n) is 3.16. The number of hydrogen-bond donors (Lipinski definition) is 1. The summed E-state index contributed by atoms with van der Waals surface area (Å²) < 4.78 is 0. The fourth-order valence-corrected chi connectivity index (χ4v) is 3.89. The van der Waals surface area contributed by atoms with Crippen LogP contribution in [0.3, 0.4) is 0 Å². The third kappa shape index (κ3) is 6.05. The Morgan fingerprint density at radius 3 is 2.58 bits per heavy atom. The maximum absolute atomic E-state index is 6.01. The summed E-state index contributed by atoms with van der Waals surface area (Å²) in [5.74, 6) is 3.36. The third-order valence-electron chi connectivity index (χ3n) is 4.58. The van der Waals surface area contributed by atoms with Crippen molar-refractivity contribution >= 4 is 11.8 Å². The standard InChI is InChI=1S/C16H34N2S/c1-5-19-12-9-15(13-17)18-10-6-7-14(8-11-18)16(2,3)4/h14-15H,5-13,17H2,1-4H3. The highest BCUT2D eigenvalue weighted by Gasteiger charge is 2.28. The largest absolute Gasteiger partial charge is 0.329 e. The maximum atomic E-state index is 6.01. The first-order valence-electron chi connectivity index (χ1n) is 8.01. The first-order valence-corrected chi connectivity index (χ1v) is 9.16. The van der Waals surface area contributed by atoms with Gasteiger partial charge in [0, 0.05) is 12.6 Å². The van der Waals surface area contributed by atoms with Gasteiger partial charge in [-0.1, -0.05) is 27.7 Å². The lowest BCUT2D eigenvalue weighted by atomic mass is 9.77. The zero-order valence-corrected chi connectivity index (χ0v) is 14.3. The summed E-state index contributed by atoms with van der Waals surface area (Å²) in [5.41, 5.74) is 6.47. The topological polar surface area (TPSA) is 29.3 Å². The van der Waals surface area contributed by atoms with Crippen molar-refractivity contribution in [3.8, 4) is 0 Å². The molecule has 0 aliphatic carbocycles. The highest BCUT2D eigenvalue weighted by Crippen LogP contribution is 2.34. The van der Waals surface area contributed by atoms with E-state index in [0.29, 0.717) is 11.5 Å². The Morgan fingerprint density at radius 2 is 2.00 bits per heavy atom. The van der Waals surface area contributed by atoms with Gasteiger partial charge in [-0.3, -0.25) is 4.90 Å². The number of nitrogens with zero attached hydrogens (tertiary/aromatic N) is 1. The molecule has 0 spiro atoms. The van der Waals surface area contributed by atoms with Crippen LogP contribution in [0, 0.1) is 11.3 Å². The molecule has 0 amide bonds. The second-order valence-corrected chi connectivity index (χ2v) is 8.30. The molecule has 1 saturated heterocycles.